The molecule has 0 amide bonds. The van der Waals surface area contributed by atoms with Gasteiger partial charge in [-0.1, -0.05) is 46.7 Å². The molecule has 3 aromatic heterocycles. The molecule has 1 saturated heterocycles. The average molecular weight is 460 g/mol. The highest BCUT2D eigenvalue weighted by Crippen LogP contribution is 2.31. The van der Waals surface area contributed by atoms with E-state index >= 15 is 0 Å². The molecule has 1 aromatic carbocycles. The van der Waals surface area contributed by atoms with Crippen molar-refractivity contribution in [2.45, 2.75) is 36.4 Å². The molecule has 7 nitrogen and oxygen atoms in total. The summed E-state index contributed by atoms with van der Waals surface area (Å²) in [6.45, 7) is 1.55. The van der Waals surface area contributed by atoms with Crippen LogP contribution in [0.1, 0.15) is 18.7 Å². The molecule has 1 atom stereocenters. The van der Waals surface area contributed by atoms with E-state index in [1.54, 1.807) is 17.4 Å². The van der Waals surface area contributed by atoms with Crippen molar-refractivity contribution in [2.75, 3.05) is 6.61 Å². The first-order valence-electron chi connectivity index (χ1n) is 9.57. The Morgan fingerprint density at radius 3 is 2.93 bits per heavy atom. The number of nitrogens with zero attached hydrogens (tertiary/aromatic N) is 5. The Hall–Kier alpha value is -2.20. The molecule has 1 aliphatic heterocycles. The van der Waals surface area contributed by atoms with E-state index in [4.69, 9.17) is 20.9 Å². The van der Waals surface area contributed by atoms with Gasteiger partial charge in [0.2, 0.25) is 11.7 Å². The summed E-state index contributed by atoms with van der Waals surface area (Å²) in [5, 5.41) is 16.4. The molecule has 5 rings (SSSR count). The second-order valence-electron chi connectivity index (χ2n) is 6.81. The minimum Gasteiger partial charge on any atom is -0.376 e. The number of ether oxygens (including phenoxy) is 1. The molecule has 4 aromatic rings. The van der Waals surface area contributed by atoms with Crippen LogP contribution in [0.2, 0.25) is 5.02 Å². The third kappa shape index (κ3) is 4.15. The van der Waals surface area contributed by atoms with Gasteiger partial charge in [-0.2, -0.15) is 4.98 Å². The summed E-state index contributed by atoms with van der Waals surface area (Å²) in [4.78, 5) is 5.57. The van der Waals surface area contributed by atoms with Gasteiger partial charge in [-0.25, -0.2) is 0 Å². The Balaban J connectivity index is 1.35. The van der Waals surface area contributed by atoms with Crippen LogP contribution in [0.25, 0.3) is 22.1 Å². The lowest BCUT2D eigenvalue weighted by atomic mass is 10.2. The van der Waals surface area contributed by atoms with E-state index in [9.17, 15) is 0 Å². The molecule has 0 saturated carbocycles. The number of aromatic nitrogens is 5. The first kappa shape index (κ1) is 19.7. The zero-order valence-electron chi connectivity index (χ0n) is 15.9. The maximum Gasteiger partial charge on any atom is 0.237 e. The number of thioether (sulfide) groups is 1. The van der Waals surface area contributed by atoms with Crippen LogP contribution in [0.15, 0.2) is 51.5 Å². The molecule has 0 N–H and O–H groups in total. The quantitative estimate of drug-likeness (QED) is 0.352. The summed E-state index contributed by atoms with van der Waals surface area (Å²) in [7, 11) is 0. The van der Waals surface area contributed by atoms with Crippen LogP contribution in [0.3, 0.4) is 0 Å². The summed E-state index contributed by atoms with van der Waals surface area (Å²) in [6, 6.07) is 11.5. The van der Waals surface area contributed by atoms with Gasteiger partial charge in [-0.15, -0.1) is 21.5 Å². The smallest absolute Gasteiger partial charge is 0.237 e. The van der Waals surface area contributed by atoms with Crippen molar-refractivity contribution in [1.82, 2.24) is 24.9 Å². The van der Waals surface area contributed by atoms with Gasteiger partial charge in [-0.05, 0) is 36.4 Å². The monoisotopic (exact) mass is 459 g/mol. The van der Waals surface area contributed by atoms with E-state index in [1.807, 2.05) is 29.6 Å². The Kier molecular flexibility index (Phi) is 5.85. The van der Waals surface area contributed by atoms with Crippen molar-refractivity contribution in [1.29, 1.82) is 0 Å². The molecule has 154 valence electrons. The summed E-state index contributed by atoms with van der Waals surface area (Å²) < 4.78 is 13.4. The van der Waals surface area contributed by atoms with E-state index in [0.717, 1.165) is 47.4 Å². The maximum atomic E-state index is 6.24. The van der Waals surface area contributed by atoms with Gasteiger partial charge in [0.25, 0.3) is 0 Å². The van der Waals surface area contributed by atoms with E-state index in [0.29, 0.717) is 22.5 Å². The lowest BCUT2D eigenvalue weighted by molar-refractivity contribution is 0.0953. The minimum absolute atomic E-state index is 0.189. The highest BCUT2D eigenvalue weighted by atomic mass is 35.5. The molecular formula is C20H18ClN5O2S2. The zero-order chi connectivity index (χ0) is 20.3. The van der Waals surface area contributed by atoms with Crippen LogP contribution in [-0.4, -0.2) is 37.6 Å². The fourth-order valence-electron chi connectivity index (χ4n) is 3.33. The number of hydrogen-bond donors (Lipinski definition) is 0. The third-order valence-corrected chi connectivity index (χ3v) is 6.92. The molecule has 0 radical (unpaired) electrons. The summed E-state index contributed by atoms with van der Waals surface area (Å²) in [6.07, 6.45) is 2.34. The SMILES string of the molecule is Clc1ccccc1-c1noc(CSc2nnc(-c3cccs3)n2CC2CCCO2)n1. The minimum atomic E-state index is 0.189. The Morgan fingerprint density at radius 2 is 2.13 bits per heavy atom. The Morgan fingerprint density at radius 1 is 1.20 bits per heavy atom. The summed E-state index contributed by atoms with van der Waals surface area (Å²) in [5.41, 5.74) is 0.751. The van der Waals surface area contributed by atoms with Crippen molar-refractivity contribution in [3.63, 3.8) is 0 Å². The molecule has 1 fully saturated rings. The van der Waals surface area contributed by atoms with E-state index in [1.165, 1.54) is 11.8 Å². The first-order valence-corrected chi connectivity index (χ1v) is 11.8. The van der Waals surface area contributed by atoms with Crippen molar-refractivity contribution in [3.05, 3.63) is 52.7 Å². The van der Waals surface area contributed by atoms with Gasteiger partial charge in [0.1, 0.15) is 0 Å². The van der Waals surface area contributed by atoms with Gasteiger partial charge in [-0.3, -0.25) is 4.57 Å². The van der Waals surface area contributed by atoms with Gasteiger partial charge in [0.15, 0.2) is 11.0 Å². The normalized spacial score (nSPS) is 16.4. The molecule has 0 aliphatic carbocycles. The average Bonchev–Trinajstić information content (AvgIpc) is 3.55. The largest absolute Gasteiger partial charge is 0.376 e. The second-order valence-corrected chi connectivity index (χ2v) is 9.11. The molecule has 1 unspecified atom stereocenters. The fraction of sp³-hybridized carbons (Fsp3) is 0.300. The zero-order valence-corrected chi connectivity index (χ0v) is 18.3. The van der Waals surface area contributed by atoms with E-state index in [2.05, 4.69) is 31.0 Å². The van der Waals surface area contributed by atoms with Gasteiger partial charge >= 0.3 is 0 Å². The van der Waals surface area contributed by atoms with Crippen LogP contribution in [0.5, 0.6) is 0 Å². The highest BCUT2D eigenvalue weighted by Gasteiger charge is 2.23. The molecule has 1 aliphatic rings. The summed E-state index contributed by atoms with van der Waals surface area (Å²) in [5.74, 6) is 2.35. The molecule has 4 heterocycles. The van der Waals surface area contributed by atoms with Crippen LogP contribution in [-0.2, 0) is 17.0 Å². The molecule has 0 bridgehead atoms. The van der Waals surface area contributed by atoms with Crippen LogP contribution in [0.4, 0.5) is 0 Å². The predicted octanol–water partition coefficient (Wildman–Crippen LogP) is 5.18. The number of benzene rings is 1. The van der Waals surface area contributed by atoms with E-state index in [-0.39, 0.29) is 6.10 Å². The predicted molar refractivity (Wildman–Crippen MR) is 117 cm³/mol. The lowest BCUT2D eigenvalue weighted by Crippen LogP contribution is -2.16. The van der Waals surface area contributed by atoms with Crippen LogP contribution in [0, 0.1) is 0 Å². The topological polar surface area (TPSA) is 78.9 Å². The summed E-state index contributed by atoms with van der Waals surface area (Å²) >= 11 is 9.41. The molecular weight excluding hydrogens is 442 g/mol. The standard InChI is InChI=1S/C20H18ClN5O2S2/c21-15-7-2-1-6-14(15)18-22-17(28-25-18)12-30-20-24-23-19(16-8-4-10-29-16)26(20)11-13-5-3-9-27-13/h1-2,4,6-8,10,13H,3,5,9,11-12H2. The lowest BCUT2D eigenvalue weighted by Gasteiger charge is -2.13. The molecule has 10 heteroatoms. The van der Waals surface area contributed by atoms with Gasteiger partial charge in [0, 0.05) is 12.2 Å². The van der Waals surface area contributed by atoms with E-state index < -0.39 is 0 Å². The first-order chi connectivity index (χ1) is 14.8. The second kappa shape index (κ2) is 8.89. The molecule has 0 spiro atoms. The van der Waals surface area contributed by atoms with Gasteiger partial charge in [0.05, 0.1) is 28.3 Å². The number of hydrogen-bond acceptors (Lipinski definition) is 8. The van der Waals surface area contributed by atoms with Gasteiger partial charge < -0.3 is 9.26 Å². The van der Waals surface area contributed by atoms with Crippen molar-refractivity contribution in [2.24, 2.45) is 0 Å². The van der Waals surface area contributed by atoms with Crippen molar-refractivity contribution < 1.29 is 9.26 Å². The van der Waals surface area contributed by atoms with Crippen molar-refractivity contribution >= 4 is 34.7 Å². The third-order valence-electron chi connectivity index (χ3n) is 4.78. The fourth-order valence-corrected chi connectivity index (χ4v) is 5.05. The van der Waals surface area contributed by atoms with Crippen LogP contribution >= 0.6 is 34.7 Å². The van der Waals surface area contributed by atoms with Crippen molar-refractivity contribution in [3.8, 4) is 22.1 Å². The van der Waals surface area contributed by atoms with Crippen LogP contribution < -0.4 is 0 Å². The maximum absolute atomic E-state index is 6.24. The highest BCUT2D eigenvalue weighted by molar-refractivity contribution is 7.98. The number of rotatable bonds is 7. The number of halogens is 1. The Labute approximate surface area is 186 Å². The molecule has 30 heavy (non-hydrogen) atoms. The Bertz CT molecular complexity index is 1120. The number of thiophene rings is 1.